The van der Waals surface area contributed by atoms with Crippen molar-refractivity contribution in [2.45, 2.75) is 32.9 Å². The van der Waals surface area contributed by atoms with E-state index >= 15 is 0 Å². The summed E-state index contributed by atoms with van der Waals surface area (Å²) in [5.41, 5.74) is 3.77. The third-order valence-electron chi connectivity index (χ3n) is 4.46. The van der Waals surface area contributed by atoms with Crippen LogP contribution in [0.25, 0.3) is 22.2 Å². The van der Waals surface area contributed by atoms with Gasteiger partial charge in [-0.25, -0.2) is 9.59 Å². The van der Waals surface area contributed by atoms with Crippen LogP contribution in [0.5, 0.6) is 0 Å². The number of hydrogen-bond acceptors (Lipinski definition) is 4. The van der Waals surface area contributed by atoms with Gasteiger partial charge >= 0.3 is 12.1 Å². The van der Waals surface area contributed by atoms with Crippen molar-refractivity contribution in [2.24, 2.45) is 0 Å². The van der Waals surface area contributed by atoms with Crippen LogP contribution in [-0.2, 0) is 16.0 Å². The number of amides is 1. The van der Waals surface area contributed by atoms with Gasteiger partial charge in [0.1, 0.15) is 5.60 Å². The minimum atomic E-state index is -0.520. The summed E-state index contributed by atoms with van der Waals surface area (Å²) in [6.45, 7) is 5.99. The Morgan fingerprint density at radius 2 is 1.76 bits per heavy atom. The van der Waals surface area contributed by atoms with Crippen molar-refractivity contribution < 1.29 is 19.1 Å². The summed E-state index contributed by atoms with van der Waals surface area (Å²) >= 11 is 0. The Morgan fingerprint density at radius 1 is 1.07 bits per heavy atom. The van der Waals surface area contributed by atoms with Crippen LogP contribution in [0.1, 0.15) is 36.7 Å². The zero-order chi connectivity index (χ0) is 21.2. The molecule has 1 heterocycles. The number of rotatable bonds is 4. The maximum Gasteiger partial charge on any atom is 0.410 e. The van der Waals surface area contributed by atoms with Crippen molar-refractivity contribution in [2.75, 3.05) is 14.2 Å². The topological polar surface area (TPSA) is 71.6 Å². The molecule has 0 aliphatic carbocycles. The fraction of sp³-hybridized carbons (Fsp3) is 0.304. The molecule has 29 heavy (non-hydrogen) atoms. The van der Waals surface area contributed by atoms with Gasteiger partial charge in [-0.2, -0.15) is 0 Å². The fourth-order valence-corrected chi connectivity index (χ4v) is 3.07. The first-order chi connectivity index (χ1) is 13.7. The maximum absolute atomic E-state index is 12.1. The van der Waals surface area contributed by atoms with Crippen molar-refractivity contribution in [1.29, 1.82) is 0 Å². The fourth-order valence-electron chi connectivity index (χ4n) is 3.07. The highest BCUT2D eigenvalue weighted by molar-refractivity contribution is 6.05. The average Bonchev–Trinajstić information content (AvgIpc) is 3.10. The molecule has 3 aromatic rings. The van der Waals surface area contributed by atoms with Gasteiger partial charge in [0.2, 0.25) is 0 Å². The molecule has 2 aromatic carbocycles. The normalized spacial score (nSPS) is 11.3. The van der Waals surface area contributed by atoms with Crippen molar-refractivity contribution >= 4 is 23.0 Å². The Kier molecular flexibility index (Phi) is 5.64. The third kappa shape index (κ3) is 4.77. The Hall–Kier alpha value is -3.28. The first-order valence-corrected chi connectivity index (χ1v) is 9.41. The molecule has 0 radical (unpaired) electrons. The Bertz CT molecular complexity index is 1030. The van der Waals surface area contributed by atoms with E-state index in [1.165, 1.54) is 7.11 Å². The predicted molar refractivity (Wildman–Crippen MR) is 113 cm³/mol. The number of hydrogen-bond donors (Lipinski definition) is 1. The molecule has 1 amide bonds. The first kappa shape index (κ1) is 20.5. The number of aromatic nitrogens is 1. The minimum Gasteiger partial charge on any atom is -0.465 e. The van der Waals surface area contributed by atoms with Crippen molar-refractivity contribution in [3.63, 3.8) is 0 Å². The number of ether oxygens (including phenoxy) is 2. The Labute approximate surface area is 170 Å². The molecule has 0 aliphatic heterocycles. The van der Waals surface area contributed by atoms with E-state index in [1.807, 2.05) is 63.2 Å². The molecule has 152 valence electrons. The van der Waals surface area contributed by atoms with Gasteiger partial charge in [-0.1, -0.05) is 30.3 Å². The highest BCUT2D eigenvalue weighted by Crippen LogP contribution is 2.27. The summed E-state index contributed by atoms with van der Waals surface area (Å²) in [5.74, 6) is -0.360. The summed E-state index contributed by atoms with van der Waals surface area (Å²) in [6.07, 6.45) is -0.354. The Balaban J connectivity index is 1.78. The van der Waals surface area contributed by atoms with E-state index < -0.39 is 5.60 Å². The zero-order valence-electron chi connectivity index (χ0n) is 17.4. The molecular weight excluding hydrogens is 368 g/mol. The van der Waals surface area contributed by atoms with Crippen LogP contribution in [0, 0.1) is 0 Å². The minimum absolute atomic E-state index is 0.354. The zero-order valence-corrected chi connectivity index (χ0v) is 17.4. The molecule has 0 atom stereocenters. The van der Waals surface area contributed by atoms with E-state index in [0.29, 0.717) is 12.1 Å². The molecule has 1 N–H and O–H groups in total. The van der Waals surface area contributed by atoms with E-state index in [2.05, 4.69) is 4.98 Å². The van der Waals surface area contributed by atoms with E-state index in [0.717, 1.165) is 27.7 Å². The quantitative estimate of drug-likeness (QED) is 0.633. The molecule has 3 rings (SSSR count). The van der Waals surface area contributed by atoms with Crippen molar-refractivity contribution in [3.05, 3.63) is 59.7 Å². The molecular formula is C23H26N2O4. The lowest BCUT2D eigenvalue weighted by Crippen LogP contribution is -2.33. The summed E-state index contributed by atoms with van der Waals surface area (Å²) in [4.78, 5) is 29.0. The van der Waals surface area contributed by atoms with Gasteiger partial charge in [0.25, 0.3) is 0 Å². The number of carbonyl (C=O) groups excluding carboxylic acids is 2. The monoisotopic (exact) mass is 394 g/mol. The van der Waals surface area contributed by atoms with Gasteiger partial charge in [0.15, 0.2) is 0 Å². The molecule has 0 bridgehead atoms. The van der Waals surface area contributed by atoms with Crippen LogP contribution in [0.4, 0.5) is 4.79 Å². The highest BCUT2D eigenvalue weighted by Gasteiger charge is 2.19. The standard InChI is InChI=1S/C23H26N2O4/c1-23(2,3)29-22(27)25(4)14-15-9-11-16(12-10-15)20-13-18-17(21(26)28-5)7-6-8-19(18)24-20/h6-13,24H,14H2,1-5H3. The molecule has 1 aromatic heterocycles. The van der Waals surface area contributed by atoms with Crippen LogP contribution < -0.4 is 0 Å². The molecule has 0 saturated carbocycles. The molecule has 0 unspecified atom stereocenters. The van der Waals surface area contributed by atoms with E-state index in [1.54, 1.807) is 18.0 Å². The maximum atomic E-state index is 12.1. The van der Waals surface area contributed by atoms with Crippen molar-refractivity contribution in [1.82, 2.24) is 9.88 Å². The highest BCUT2D eigenvalue weighted by atomic mass is 16.6. The van der Waals surface area contributed by atoms with E-state index in [-0.39, 0.29) is 12.1 Å². The number of aromatic amines is 1. The van der Waals surface area contributed by atoms with Crippen LogP contribution in [0.15, 0.2) is 48.5 Å². The number of nitrogens with zero attached hydrogens (tertiary/aromatic N) is 1. The van der Waals surface area contributed by atoms with Crippen LogP contribution in [-0.4, -0.2) is 41.7 Å². The molecule has 0 aliphatic rings. The number of fused-ring (bicyclic) bond motifs is 1. The lowest BCUT2D eigenvalue weighted by atomic mass is 10.1. The van der Waals surface area contributed by atoms with Crippen LogP contribution in [0.3, 0.4) is 0 Å². The van der Waals surface area contributed by atoms with E-state index in [9.17, 15) is 9.59 Å². The molecule has 0 saturated heterocycles. The van der Waals surface area contributed by atoms with Gasteiger partial charge in [0, 0.05) is 30.2 Å². The summed E-state index contributed by atoms with van der Waals surface area (Å²) in [7, 11) is 3.09. The van der Waals surface area contributed by atoms with Gasteiger partial charge < -0.3 is 19.4 Å². The smallest absolute Gasteiger partial charge is 0.410 e. The van der Waals surface area contributed by atoms with E-state index in [4.69, 9.17) is 9.47 Å². The van der Waals surface area contributed by atoms with Gasteiger partial charge in [-0.15, -0.1) is 0 Å². The predicted octanol–water partition coefficient (Wildman–Crippen LogP) is 4.99. The van der Waals surface area contributed by atoms with Crippen LogP contribution >= 0.6 is 0 Å². The lowest BCUT2D eigenvalue weighted by molar-refractivity contribution is 0.0285. The third-order valence-corrected chi connectivity index (χ3v) is 4.46. The second-order valence-electron chi connectivity index (χ2n) is 7.97. The molecule has 6 heteroatoms. The number of nitrogens with one attached hydrogen (secondary N) is 1. The second kappa shape index (κ2) is 7.99. The summed E-state index contributed by atoms with van der Waals surface area (Å²) < 4.78 is 10.2. The summed E-state index contributed by atoms with van der Waals surface area (Å²) in [6, 6.07) is 15.4. The SMILES string of the molecule is COC(=O)c1cccc2[nH]c(-c3ccc(CN(C)C(=O)OC(C)(C)C)cc3)cc12. The van der Waals surface area contributed by atoms with Crippen molar-refractivity contribution in [3.8, 4) is 11.3 Å². The number of carbonyl (C=O) groups is 2. The number of benzene rings is 2. The molecule has 6 nitrogen and oxygen atoms in total. The van der Waals surface area contributed by atoms with Crippen LogP contribution in [0.2, 0.25) is 0 Å². The number of H-pyrrole nitrogens is 1. The average molecular weight is 394 g/mol. The Morgan fingerprint density at radius 3 is 2.38 bits per heavy atom. The second-order valence-corrected chi connectivity index (χ2v) is 7.97. The van der Waals surface area contributed by atoms with Gasteiger partial charge in [0.05, 0.1) is 12.7 Å². The number of methoxy groups -OCH3 is 1. The largest absolute Gasteiger partial charge is 0.465 e. The number of esters is 1. The van der Waals surface area contributed by atoms with Gasteiger partial charge in [-0.05, 0) is 50.1 Å². The first-order valence-electron chi connectivity index (χ1n) is 9.41. The summed E-state index contributed by atoms with van der Waals surface area (Å²) in [5, 5.41) is 0.822. The molecule has 0 fully saturated rings. The molecule has 0 spiro atoms. The van der Waals surface area contributed by atoms with Gasteiger partial charge in [-0.3, -0.25) is 0 Å². The lowest BCUT2D eigenvalue weighted by Gasteiger charge is -2.24.